The Labute approximate surface area is 462 Å². The molecular formula is C69H42N12. The molecule has 81 heavy (non-hydrogen) atoms. The zero-order chi connectivity index (χ0) is 53.4. The quantitative estimate of drug-likeness (QED) is 0.139. The summed E-state index contributed by atoms with van der Waals surface area (Å²) in [4.78, 5) is 44.7. The summed E-state index contributed by atoms with van der Waals surface area (Å²) in [7, 11) is 0. The van der Waals surface area contributed by atoms with Crippen LogP contribution in [-0.4, -0.2) is 58.6 Å². The van der Waals surface area contributed by atoms with Gasteiger partial charge in [0, 0.05) is 86.2 Å². The van der Waals surface area contributed by atoms with Crippen LogP contribution in [0.25, 0.3) is 151 Å². The van der Waals surface area contributed by atoms with Gasteiger partial charge in [-0.05, 0) is 143 Å². The van der Waals surface area contributed by atoms with Crippen molar-refractivity contribution in [1.29, 1.82) is 0 Å². The van der Waals surface area contributed by atoms with E-state index >= 15 is 0 Å². The maximum Gasteiger partial charge on any atom is 0.234 e. The minimum absolute atomic E-state index is 0.520. The van der Waals surface area contributed by atoms with Crippen molar-refractivity contribution >= 4 is 65.4 Å². The van der Waals surface area contributed by atoms with E-state index in [0.29, 0.717) is 35.3 Å². The molecule has 0 aliphatic heterocycles. The third-order valence-electron chi connectivity index (χ3n) is 15.3. The van der Waals surface area contributed by atoms with Crippen LogP contribution < -0.4 is 0 Å². The van der Waals surface area contributed by atoms with Crippen LogP contribution >= 0.6 is 0 Å². The minimum Gasteiger partial charge on any atom is -0.278 e. The molecule has 0 bridgehead atoms. The van der Waals surface area contributed by atoms with Crippen LogP contribution in [0.2, 0.25) is 0 Å². The van der Waals surface area contributed by atoms with Gasteiger partial charge in [0.05, 0.1) is 33.1 Å². The van der Waals surface area contributed by atoms with Gasteiger partial charge >= 0.3 is 0 Å². The van der Waals surface area contributed by atoms with Gasteiger partial charge in [0.1, 0.15) is 0 Å². The van der Waals surface area contributed by atoms with E-state index in [2.05, 4.69) is 196 Å². The van der Waals surface area contributed by atoms with Crippen LogP contribution in [0.15, 0.2) is 256 Å². The van der Waals surface area contributed by atoms with E-state index in [9.17, 15) is 0 Å². The van der Waals surface area contributed by atoms with Gasteiger partial charge in [-0.2, -0.15) is 0 Å². The molecule has 0 saturated heterocycles. The Balaban J connectivity index is 0.939. The highest BCUT2D eigenvalue weighted by molar-refractivity contribution is 6.14. The number of aromatic nitrogens is 12. The lowest BCUT2D eigenvalue weighted by molar-refractivity contribution is 0.988. The van der Waals surface area contributed by atoms with Gasteiger partial charge in [-0.15, -0.1) is 0 Å². The second-order valence-corrected chi connectivity index (χ2v) is 19.9. The standard InChI is InChI=1S/C69H42N12/c1-4-13-43(14-5-1)46-19-25-58-52(37-46)55-40-49(22-28-61(55)79(58)67-70-31-10-32-71-67)64-76-65(50-23-29-62-56(41-50)53-38-47(44-15-6-2-7-16-44)20-26-59(53)80(62)68-72-33-11-34-73-68)78-66(77-64)51-24-30-63-57(42-51)54-39-48(45-17-8-3-9-18-45)21-27-60(54)81(63)69-74-35-12-36-75-69/h1-42H. The third kappa shape index (κ3) is 7.72. The first-order valence-electron chi connectivity index (χ1n) is 26.7. The molecule has 12 nitrogen and oxygen atoms in total. The summed E-state index contributed by atoms with van der Waals surface area (Å²) < 4.78 is 6.37. The zero-order valence-electron chi connectivity index (χ0n) is 43.1. The van der Waals surface area contributed by atoms with Gasteiger partial charge in [-0.25, -0.2) is 44.9 Å². The number of fused-ring (bicyclic) bond motifs is 9. The average Bonchev–Trinajstić information content (AvgIpc) is 4.33. The Morgan fingerprint density at radius 1 is 0.198 bits per heavy atom. The van der Waals surface area contributed by atoms with E-state index in [1.807, 2.05) is 36.4 Å². The van der Waals surface area contributed by atoms with Crippen LogP contribution in [0.3, 0.4) is 0 Å². The summed E-state index contributed by atoms with van der Waals surface area (Å²) in [6.45, 7) is 0. The molecule has 0 atom stereocenters. The molecule has 16 aromatic rings. The molecule has 9 aromatic carbocycles. The first-order chi connectivity index (χ1) is 40.1. The smallest absolute Gasteiger partial charge is 0.234 e. The summed E-state index contributed by atoms with van der Waals surface area (Å²) in [5.74, 6) is 3.31. The molecule has 0 radical (unpaired) electrons. The molecule has 0 fully saturated rings. The number of benzene rings is 9. The average molecular weight is 1040 g/mol. The van der Waals surface area contributed by atoms with E-state index < -0.39 is 0 Å². The maximum atomic E-state index is 5.43. The van der Waals surface area contributed by atoms with Crippen LogP contribution in [-0.2, 0) is 0 Å². The van der Waals surface area contributed by atoms with Gasteiger partial charge in [0.25, 0.3) is 0 Å². The Morgan fingerprint density at radius 2 is 0.420 bits per heavy atom. The van der Waals surface area contributed by atoms with E-state index in [-0.39, 0.29) is 0 Å². The SMILES string of the molecule is c1ccc(-c2ccc3c(c2)c2cc(-c4nc(-c5ccc6c(c5)c5cc(-c7ccccc7)ccc5n6-c5ncccn5)nc(-c5ccc6c(c5)c5cc(-c7ccccc7)ccc5n6-c5ncccn5)n4)ccc2n3-c2ncccn2)cc1. The minimum atomic E-state index is 0.520. The summed E-state index contributed by atoms with van der Waals surface area (Å²) >= 11 is 0. The van der Waals surface area contributed by atoms with Crippen molar-refractivity contribution in [2.75, 3.05) is 0 Å². The summed E-state index contributed by atoms with van der Waals surface area (Å²) in [6, 6.07) is 75.8. The lowest BCUT2D eigenvalue weighted by Gasteiger charge is -2.10. The summed E-state index contributed by atoms with van der Waals surface area (Å²) in [6.07, 6.45) is 10.7. The second-order valence-electron chi connectivity index (χ2n) is 19.9. The second kappa shape index (κ2) is 18.7. The number of nitrogens with zero attached hydrogens (tertiary/aromatic N) is 12. The zero-order valence-corrected chi connectivity index (χ0v) is 43.1. The number of rotatable bonds is 9. The molecule has 7 heterocycles. The molecule has 0 unspecified atom stereocenters. The van der Waals surface area contributed by atoms with Crippen molar-refractivity contribution in [1.82, 2.24) is 58.6 Å². The fraction of sp³-hybridized carbons (Fsp3) is 0. The first kappa shape index (κ1) is 45.8. The molecule has 0 amide bonds. The van der Waals surface area contributed by atoms with Crippen molar-refractivity contribution in [3.63, 3.8) is 0 Å². The fourth-order valence-electron chi connectivity index (χ4n) is 11.5. The van der Waals surface area contributed by atoms with Crippen molar-refractivity contribution in [2.45, 2.75) is 0 Å². The molecule has 0 N–H and O–H groups in total. The van der Waals surface area contributed by atoms with Gasteiger partial charge in [0.15, 0.2) is 17.5 Å². The highest BCUT2D eigenvalue weighted by Gasteiger charge is 2.22. The maximum absolute atomic E-state index is 5.43. The highest BCUT2D eigenvalue weighted by Crippen LogP contribution is 2.41. The predicted octanol–water partition coefficient (Wildman–Crippen LogP) is 15.5. The van der Waals surface area contributed by atoms with E-state index in [1.54, 1.807) is 37.2 Å². The van der Waals surface area contributed by atoms with Crippen LogP contribution in [0.5, 0.6) is 0 Å². The number of hydrogen-bond donors (Lipinski definition) is 0. The Kier molecular flexibility index (Phi) is 10.6. The van der Waals surface area contributed by atoms with Gasteiger partial charge in [-0.1, -0.05) is 109 Å². The topological polar surface area (TPSA) is 131 Å². The molecule has 0 spiro atoms. The van der Waals surface area contributed by atoms with Crippen molar-refractivity contribution in [3.05, 3.63) is 256 Å². The van der Waals surface area contributed by atoms with Crippen molar-refractivity contribution in [2.24, 2.45) is 0 Å². The monoisotopic (exact) mass is 1040 g/mol. The Morgan fingerprint density at radius 3 is 0.667 bits per heavy atom. The molecule has 16 rings (SSSR count). The molecule has 378 valence electrons. The highest BCUT2D eigenvalue weighted by atomic mass is 15.2. The van der Waals surface area contributed by atoms with Crippen LogP contribution in [0.1, 0.15) is 0 Å². The molecular weight excluding hydrogens is 997 g/mol. The fourth-order valence-corrected chi connectivity index (χ4v) is 11.5. The largest absolute Gasteiger partial charge is 0.278 e. The number of hydrogen-bond acceptors (Lipinski definition) is 9. The van der Waals surface area contributed by atoms with E-state index in [0.717, 1.165) is 115 Å². The lowest BCUT2D eigenvalue weighted by Crippen LogP contribution is -2.02. The van der Waals surface area contributed by atoms with Gasteiger partial charge in [0.2, 0.25) is 17.8 Å². The molecule has 7 aromatic heterocycles. The molecule has 0 saturated carbocycles. The molecule has 12 heteroatoms. The predicted molar refractivity (Wildman–Crippen MR) is 322 cm³/mol. The third-order valence-corrected chi connectivity index (χ3v) is 15.3. The lowest BCUT2D eigenvalue weighted by atomic mass is 10.0. The van der Waals surface area contributed by atoms with E-state index in [1.165, 1.54) is 0 Å². The van der Waals surface area contributed by atoms with E-state index in [4.69, 9.17) is 44.9 Å². The van der Waals surface area contributed by atoms with Crippen molar-refractivity contribution in [3.8, 4) is 85.4 Å². The normalized spacial score (nSPS) is 11.7. The molecule has 0 aliphatic carbocycles. The van der Waals surface area contributed by atoms with Gasteiger partial charge < -0.3 is 0 Å². The van der Waals surface area contributed by atoms with Crippen LogP contribution in [0, 0.1) is 0 Å². The van der Waals surface area contributed by atoms with Crippen LogP contribution in [0.4, 0.5) is 0 Å². The Hall–Kier alpha value is -11.4. The molecule has 0 aliphatic rings. The van der Waals surface area contributed by atoms with Crippen molar-refractivity contribution < 1.29 is 0 Å². The summed E-state index contributed by atoms with van der Waals surface area (Å²) in [5, 5.41) is 6.17. The Bertz CT molecular complexity index is 4560. The van der Waals surface area contributed by atoms with Gasteiger partial charge in [-0.3, -0.25) is 13.7 Å². The first-order valence-corrected chi connectivity index (χ1v) is 26.7. The summed E-state index contributed by atoms with van der Waals surface area (Å²) in [5.41, 5.74) is 15.0.